The molecule has 1 aliphatic heterocycles. The number of rotatable bonds is 5. The number of nitrogens with two attached hydrogens (primary N) is 1. The zero-order chi connectivity index (χ0) is 24.7. The van der Waals surface area contributed by atoms with Crippen LogP contribution in [0.4, 0.5) is 20.3 Å². The van der Waals surface area contributed by atoms with E-state index in [1.54, 1.807) is 20.1 Å². The molecule has 0 aliphatic carbocycles. The second kappa shape index (κ2) is 8.77. The molecule has 0 amide bonds. The second-order valence-electron chi connectivity index (χ2n) is 8.54. The Balaban J connectivity index is 1.81. The molecule has 8 nitrogen and oxygen atoms in total. The molecule has 0 spiro atoms. The van der Waals surface area contributed by atoms with Gasteiger partial charge in [0, 0.05) is 41.3 Å². The number of anilines is 2. The summed E-state index contributed by atoms with van der Waals surface area (Å²) in [5.74, 6) is -2.00. The standard InChI is InChI=1S/C23H23F2N7OS/c1-12-22(2,10-33-4)34-21(27)32-23(12,3)15-6-14(7-16(24)18(15)25)31-20-19-17(29-11-30-20)5-13(8-26)9-28-19/h5-7,9,11-12H,10H2,1-4H3,(H2,27,32)(H,29,30,31)/t12-,22-,23+/m1/s1. The summed E-state index contributed by atoms with van der Waals surface area (Å²) in [6.45, 7) is 5.99. The minimum Gasteiger partial charge on any atom is -0.383 e. The van der Waals surface area contributed by atoms with Crippen LogP contribution in [0.1, 0.15) is 31.9 Å². The Hall–Kier alpha value is -3.36. The molecule has 176 valence electrons. The molecule has 2 aromatic heterocycles. The first-order valence-electron chi connectivity index (χ1n) is 10.4. The van der Waals surface area contributed by atoms with Gasteiger partial charge >= 0.3 is 0 Å². The third kappa shape index (κ3) is 4.03. The van der Waals surface area contributed by atoms with Crippen LogP contribution in [0.15, 0.2) is 35.7 Å². The fourth-order valence-corrected chi connectivity index (χ4v) is 5.56. The molecule has 0 saturated carbocycles. The largest absolute Gasteiger partial charge is 0.383 e. The number of aromatic nitrogens is 3. The van der Waals surface area contributed by atoms with Gasteiger partial charge in [-0.25, -0.2) is 23.7 Å². The minimum atomic E-state index is -1.15. The number of nitriles is 1. The quantitative estimate of drug-likeness (QED) is 0.553. The van der Waals surface area contributed by atoms with Crippen molar-refractivity contribution in [2.24, 2.45) is 16.6 Å². The lowest BCUT2D eigenvalue weighted by Gasteiger charge is -2.47. The molecule has 0 saturated heterocycles. The van der Waals surface area contributed by atoms with Gasteiger partial charge in [0.05, 0.1) is 23.2 Å². The first kappa shape index (κ1) is 23.8. The highest BCUT2D eigenvalue weighted by molar-refractivity contribution is 8.15. The third-order valence-electron chi connectivity index (χ3n) is 6.31. The average Bonchev–Trinajstić information content (AvgIpc) is 2.79. The van der Waals surface area contributed by atoms with E-state index in [4.69, 9.17) is 15.7 Å². The van der Waals surface area contributed by atoms with Gasteiger partial charge in [-0.2, -0.15) is 5.26 Å². The van der Waals surface area contributed by atoms with Gasteiger partial charge in [0.2, 0.25) is 0 Å². The number of pyridine rings is 1. The smallest absolute Gasteiger partial charge is 0.164 e. The highest BCUT2D eigenvalue weighted by Crippen LogP contribution is 2.50. The van der Waals surface area contributed by atoms with Gasteiger partial charge in [0.15, 0.2) is 22.6 Å². The van der Waals surface area contributed by atoms with Crippen molar-refractivity contribution in [3.63, 3.8) is 0 Å². The number of hydrogen-bond donors (Lipinski definition) is 2. The summed E-state index contributed by atoms with van der Waals surface area (Å²) < 4.78 is 34.9. The Morgan fingerprint density at radius 2 is 2.00 bits per heavy atom. The summed E-state index contributed by atoms with van der Waals surface area (Å²) >= 11 is 1.36. The van der Waals surface area contributed by atoms with E-state index in [2.05, 4.69) is 25.3 Å². The van der Waals surface area contributed by atoms with Crippen LogP contribution in [-0.4, -0.2) is 38.6 Å². The average molecular weight is 484 g/mol. The number of aliphatic imine (C=N–C) groups is 1. The summed E-state index contributed by atoms with van der Waals surface area (Å²) in [7, 11) is 1.59. The van der Waals surface area contributed by atoms with E-state index in [1.807, 2.05) is 19.9 Å². The lowest BCUT2D eigenvalue weighted by atomic mass is 9.74. The zero-order valence-corrected chi connectivity index (χ0v) is 19.9. The molecule has 0 fully saturated rings. The lowest BCUT2D eigenvalue weighted by Crippen LogP contribution is -2.50. The number of hydrogen-bond acceptors (Lipinski definition) is 9. The maximum Gasteiger partial charge on any atom is 0.164 e. The second-order valence-corrected chi connectivity index (χ2v) is 10.1. The molecule has 11 heteroatoms. The molecule has 0 unspecified atom stereocenters. The molecule has 1 aromatic carbocycles. The van der Waals surface area contributed by atoms with E-state index >= 15 is 4.39 Å². The molecule has 1 aliphatic rings. The lowest BCUT2D eigenvalue weighted by molar-refractivity contribution is 0.124. The van der Waals surface area contributed by atoms with Crippen LogP contribution >= 0.6 is 11.8 Å². The predicted octanol–water partition coefficient (Wildman–Crippen LogP) is 4.24. The van der Waals surface area contributed by atoms with Crippen LogP contribution in [0.25, 0.3) is 11.0 Å². The van der Waals surface area contributed by atoms with Crippen molar-refractivity contribution in [1.82, 2.24) is 15.0 Å². The van der Waals surface area contributed by atoms with E-state index < -0.39 is 21.9 Å². The Morgan fingerprint density at radius 1 is 1.24 bits per heavy atom. The number of amidine groups is 1. The van der Waals surface area contributed by atoms with Crippen molar-refractivity contribution in [3.8, 4) is 6.07 Å². The normalized spacial score (nSPS) is 24.5. The molecule has 34 heavy (non-hydrogen) atoms. The van der Waals surface area contributed by atoms with E-state index in [9.17, 15) is 4.39 Å². The summed E-state index contributed by atoms with van der Waals surface area (Å²) in [6.07, 6.45) is 2.70. The molecule has 0 radical (unpaired) electrons. The third-order valence-corrected chi connectivity index (χ3v) is 7.55. The van der Waals surface area contributed by atoms with Gasteiger partial charge in [0.25, 0.3) is 0 Å². The van der Waals surface area contributed by atoms with Crippen molar-refractivity contribution < 1.29 is 13.5 Å². The highest BCUT2D eigenvalue weighted by Gasteiger charge is 2.50. The first-order chi connectivity index (χ1) is 16.1. The monoisotopic (exact) mass is 483 g/mol. The van der Waals surface area contributed by atoms with E-state index in [0.29, 0.717) is 23.2 Å². The van der Waals surface area contributed by atoms with E-state index in [1.165, 1.54) is 30.4 Å². The molecular formula is C23H23F2N7OS. The summed E-state index contributed by atoms with van der Waals surface area (Å²) in [5, 5.41) is 12.4. The Morgan fingerprint density at radius 3 is 2.71 bits per heavy atom. The fraction of sp³-hybridized carbons (Fsp3) is 0.348. The van der Waals surface area contributed by atoms with E-state index in [0.717, 1.165) is 6.07 Å². The summed E-state index contributed by atoms with van der Waals surface area (Å²) in [5.41, 5.74) is 6.47. The van der Waals surface area contributed by atoms with Gasteiger partial charge in [-0.05, 0) is 26.0 Å². The molecule has 0 bridgehead atoms. The van der Waals surface area contributed by atoms with Gasteiger partial charge in [-0.3, -0.25) is 4.99 Å². The number of halogens is 2. The van der Waals surface area contributed by atoms with Crippen LogP contribution in [0.2, 0.25) is 0 Å². The summed E-state index contributed by atoms with van der Waals surface area (Å²) in [6, 6.07) is 6.13. The number of fused-ring (bicyclic) bond motifs is 1. The van der Waals surface area contributed by atoms with Gasteiger partial charge in [-0.15, -0.1) is 0 Å². The minimum absolute atomic E-state index is 0.0613. The number of benzene rings is 1. The Labute approximate surface area is 199 Å². The maximum absolute atomic E-state index is 15.2. The van der Waals surface area contributed by atoms with Gasteiger partial charge in [0.1, 0.15) is 17.9 Å². The number of ether oxygens (including phenoxy) is 1. The molecule has 4 rings (SSSR count). The molecule has 3 heterocycles. The number of methoxy groups -OCH3 is 1. The van der Waals surface area contributed by atoms with Gasteiger partial charge in [-0.1, -0.05) is 18.7 Å². The van der Waals surface area contributed by atoms with Crippen LogP contribution in [0.5, 0.6) is 0 Å². The Bertz CT molecular complexity index is 1340. The zero-order valence-electron chi connectivity index (χ0n) is 19.1. The fourth-order valence-electron chi connectivity index (χ4n) is 4.27. The molecule has 3 atom stereocenters. The highest BCUT2D eigenvalue weighted by atomic mass is 32.2. The number of nitrogens with zero attached hydrogens (tertiary/aromatic N) is 5. The molecular weight excluding hydrogens is 460 g/mol. The predicted molar refractivity (Wildman–Crippen MR) is 128 cm³/mol. The SMILES string of the molecule is COC[C@@]1(C)SC(N)=N[C@](C)(c2cc(Nc3ncnc4cc(C#N)cnc34)cc(F)c2F)[C@@H]1C. The van der Waals surface area contributed by atoms with Crippen LogP contribution in [0, 0.1) is 28.9 Å². The van der Waals surface area contributed by atoms with Crippen molar-refractivity contribution in [1.29, 1.82) is 5.26 Å². The van der Waals surface area contributed by atoms with Crippen molar-refractivity contribution >= 4 is 39.5 Å². The van der Waals surface area contributed by atoms with Crippen LogP contribution in [0.3, 0.4) is 0 Å². The van der Waals surface area contributed by atoms with Gasteiger partial charge < -0.3 is 15.8 Å². The van der Waals surface area contributed by atoms with Crippen molar-refractivity contribution in [2.45, 2.75) is 31.1 Å². The summed E-state index contributed by atoms with van der Waals surface area (Å²) in [4.78, 5) is 17.1. The number of thioether (sulfide) groups is 1. The Kier molecular flexibility index (Phi) is 6.14. The van der Waals surface area contributed by atoms with E-state index in [-0.39, 0.29) is 28.2 Å². The topological polar surface area (TPSA) is 122 Å². The molecule has 3 N–H and O–H groups in total. The van der Waals surface area contributed by atoms with Crippen LogP contribution < -0.4 is 11.1 Å². The first-order valence-corrected chi connectivity index (χ1v) is 11.2. The maximum atomic E-state index is 15.2. The van der Waals surface area contributed by atoms with Crippen LogP contribution in [-0.2, 0) is 10.3 Å². The van der Waals surface area contributed by atoms with Crippen molar-refractivity contribution in [2.75, 3.05) is 19.0 Å². The van der Waals surface area contributed by atoms with Crippen molar-refractivity contribution in [3.05, 3.63) is 53.5 Å². The molecule has 3 aromatic rings. The number of nitrogens with one attached hydrogen (secondary N) is 1.